The molecule has 0 aliphatic rings. The van der Waals surface area contributed by atoms with Gasteiger partial charge in [0.05, 0.1) is 6.61 Å². The highest BCUT2D eigenvalue weighted by molar-refractivity contribution is 8.77. The molecule has 0 radical (unpaired) electrons. The quantitative estimate of drug-likeness (QED) is 0.238. The fourth-order valence-electron chi connectivity index (χ4n) is 1.81. The third-order valence-electron chi connectivity index (χ3n) is 3.07. The molecule has 0 fully saturated rings. The molecule has 1 N–H and O–H groups in total. The third kappa shape index (κ3) is 14.7. The lowest BCUT2D eigenvalue weighted by Gasteiger charge is -2.17. The van der Waals surface area contributed by atoms with Crippen molar-refractivity contribution in [2.45, 2.75) is 51.7 Å². The van der Waals surface area contributed by atoms with Crippen molar-refractivity contribution in [3.63, 3.8) is 0 Å². The summed E-state index contributed by atoms with van der Waals surface area (Å²) >= 11 is 0. The number of aliphatic hydroxyl groups excluding tert-OH is 1. The van der Waals surface area contributed by atoms with Gasteiger partial charge in [-0.05, 0) is 24.8 Å². The molecule has 0 spiro atoms. The van der Waals surface area contributed by atoms with Gasteiger partial charge in [0.25, 0.3) is 0 Å². The van der Waals surface area contributed by atoms with Gasteiger partial charge in [0, 0.05) is 11.0 Å². The fourth-order valence-corrected chi connectivity index (χ4v) is 4.51. The number of hydrogen-bond donors (Lipinski definition) is 1. The normalized spacial score (nSPS) is 12.9. The van der Waals surface area contributed by atoms with E-state index in [1.807, 2.05) is 29.0 Å². The van der Waals surface area contributed by atoms with Crippen LogP contribution in [0.4, 0.5) is 0 Å². The molecule has 0 aromatic carbocycles. The Labute approximate surface area is 152 Å². The molecule has 1 atom stereocenters. The van der Waals surface area contributed by atoms with Gasteiger partial charge in [-0.3, -0.25) is 0 Å². The number of rotatable bonds is 12. The zero-order chi connectivity index (χ0) is 17.9. The van der Waals surface area contributed by atoms with Crippen molar-refractivity contribution >= 4 is 21.6 Å². The van der Waals surface area contributed by atoms with Crippen LogP contribution in [0.15, 0.2) is 61.3 Å². The first kappa shape index (κ1) is 24.6. The largest absolute Gasteiger partial charge is 0.395 e. The molecule has 0 aromatic heterocycles. The summed E-state index contributed by atoms with van der Waals surface area (Å²) in [4.78, 5) is 0. The van der Waals surface area contributed by atoms with Crippen molar-refractivity contribution in [1.82, 2.24) is 0 Å². The molecule has 132 valence electrons. The molecule has 1 unspecified atom stereocenters. The molecular weight excluding hydrogens is 320 g/mol. The molecule has 0 saturated heterocycles. The Morgan fingerprint density at radius 3 is 2.04 bits per heavy atom. The van der Waals surface area contributed by atoms with Crippen LogP contribution in [0.1, 0.15) is 46.5 Å². The van der Waals surface area contributed by atoms with Crippen molar-refractivity contribution < 1.29 is 5.11 Å². The summed E-state index contributed by atoms with van der Waals surface area (Å²) in [7, 11) is 3.65. The fraction of sp³-hybridized carbons (Fsp3) is 0.500. The molecule has 0 rings (SSSR count). The van der Waals surface area contributed by atoms with E-state index in [-0.39, 0.29) is 6.61 Å². The van der Waals surface area contributed by atoms with Crippen LogP contribution in [0.5, 0.6) is 0 Å². The lowest BCUT2D eigenvalue weighted by atomic mass is 10.1. The SMILES string of the molecule is C=C/C=C(/CC)C(CCC)SSCCO.C=C/C=C(\C=C)CC. The third-order valence-corrected chi connectivity index (χ3v) is 5.93. The second-order valence-corrected chi connectivity index (χ2v) is 7.47. The van der Waals surface area contributed by atoms with E-state index in [0.29, 0.717) is 5.25 Å². The Kier molecular flexibility index (Phi) is 20.8. The van der Waals surface area contributed by atoms with Crippen molar-refractivity contribution in [3.05, 3.63) is 61.3 Å². The van der Waals surface area contributed by atoms with Gasteiger partial charge >= 0.3 is 0 Å². The summed E-state index contributed by atoms with van der Waals surface area (Å²) in [6.45, 7) is 17.7. The van der Waals surface area contributed by atoms with E-state index in [9.17, 15) is 0 Å². The molecule has 1 nitrogen and oxygen atoms in total. The second kappa shape index (κ2) is 19.4. The number of allylic oxidation sites excluding steroid dienone is 6. The van der Waals surface area contributed by atoms with Gasteiger partial charge in [0.2, 0.25) is 0 Å². The first-order chi connectivity index (χ1) is 11.1. The summed E-state index contributed by atoms with van der Waals surface area (Å²) in [5.74, 6) is 0.815. The molecule has 0 aliphatic carbocycles. The van der Waals surface area contributed by atoms with Crippen molar-refractivity contribution in [3.8, 4) is 0 Å². The summed E-state index contributed by atoms with van der Waals surface area (Å²) < 4.78 is 0. The van der Waals surface area contributed by atoms with Crippen molar-refractivity contribution in [1.29, 1.82) is 0 Å². The highest BCUT2D eigenvalue weighted by atomic mass is 33.1. The minimum absolute atomic E-state index is 0.267. The topological polar surface area (TPSA) is 20.2 Å². The predicted octanol–water partition coefficient (Wildman–Crippen LogP) is 6.75. The molecule has 23 heavy (non-hydrogen) atoms. The maximum atomic E-state index is 8.74. The average molecular weight is 355 g/mol. The van der Waals surface area contributed by atoms with Crippen LogP contribution in [-0.2, 0) is 0 Å². The maximum Gasteiger partial charge on any atom is 0.0530 e. The first-order valence-electron chi connectivity index (χ1n) is 8.29. The van der Waals surface area contributed by atoms with Crippen LogP contribution in [-0.4, -0.2) is 22.7 Å². The number of aliphatic hydroxyl groups is 1. The van der Waals surface area contributed by atoms with E-state index in [4.69, 9.17) is 5.11 Å². The number of hydrogen-bond acceptors (Lipinski definition) is 3. The Bertz CT molecular complexity index is 370. The molecule has 0 saturated carbocycles. The van der Waals surface area contributed by atoms with Gasteiger partial charge in [-0.1, -0.05) is 104 Å². The predicted molar refractivity (Wildman–Crippen MR) is 113 cm³/mol. The molecule has 0 aromatic rings. The van der Waals surface area contributed by atoms with Crippen LogP contribution >= 0.6 is 21.6 Å². The standard InChI is InChI=1S/C12H22OS2.C8H12/c1-4-7-11(6-3)12(8-5-2)15-14-10-9-13;1-4-7-8(5-2)6-3/h4,7,12-13H,1,5-6,8-10H2,2-3H3;4-5,7H,1-2,6H2,3H3/b11-7-;8-7+. The van der Waals surface area contributed by atoms with Gasteiger partial charge in [0.15, 0.2) is 0 Å². The maximum absolute atomic E-state index is 8.74. The smallest absolute Gasteiger partial charge is 0.0530 e. The second-order valence-electron chi connectivity index (χ2n) is 4.78. The van der Waals surface area contributed by atoms with Crippen LogP contribution in [0.3, 0.4) is 0 Å². The molecular formula is C20H34OS2. The van der Waals surface area contributed by atoms with Gasteiger partial charge < -0.3 is 5.11 Å². The van der Waals surface area contributed by atoms with Crippen LogP contribution in [0.25, 0.3) is 0 Å². The zero-order valence-electron chi connectivity index (χ0n) is 15.1. The lowest BCUT2D eigenvalue weighted by Crippen LogP contribution is -2.05. The monoisotopic (exact) mass is 354 g/mol. The minimum atomic E-state index is 0.267. The Balaban J connectivity index is 0. The van der Waals surface area contributed by atoms with Crippen molar-refractivity contribution in [2.75, 3.05) is 12.4 Å². The molecule has 3 heteroatoms. The highest BCUT2D eigenvalue weighted by Gasteiger charge is 2.12. The Morgan fingerprint density at radius 2 is 1.70 bits per heavy atom. The van der Waals surface area contributed by atoms with E-state index < -0.39 is 0 Å². The average Bonchev–Trinajstić information content (AvgIpc) is 2.57. The van der Waals surface area contributed by atoms with E-state index >= 15 is 0 Å². The van der Waals surface area contributed by atoms with E-state index in [2.05, 4.69) is 46.6 Å². The van der Waals surface area contributed by atoms with Gasteiger partial charge in [-0.25, -0.2) is 0 Å². The molecule has 0 bridgehead atoms. The van der Waals surface area contributed by atoms with E-state index in [0.717, 1.165) is 18.6 Å². The van der Waals surface area contributed by atoms with Crippen molar-refractivity contribution in [2.24, 2.45) is 0 Å². The van der Waals surface area contributed by atoms with Crippen LogP contribution in [0.2, 0.25) is 0 Å². The van der Waals surface area contributed by atoms with E-state index in [1.54, 1.807) is 16.9 Å². The van der Waals surface area contributed by atoms with Crippen LogP contribution in [0, 0.1) is 0 Å². The molecule has 0 heterocycles. The molecule has 0 amide bonds. The van der Waals surface area contributed by atoms with Gasteiger partial charge in [-0.15, -0.1) is 0 Å². The van der Waals surface area contributed by atoms with Gasteiger partial charge in [0.1, 0.15) is 0 Å². The summed E-state index contributed by atoms with van der Waals surface area (Å²) in [5.41, 5.74) is 2.70. The summed E-state index contributed by atoms with van der Waals surface area (Å²) in [6, 6.07) is 0. The molecule has 0 aliphatic heterocycles. The minimum Gasteiger partial charge on any atom is -0.395 e. The van der Waals surface area contributed by atoms with Gasteiger partial charge in [-0.2, -0.15) is 0 Å². The Hall–Kier alpha value is -0.640. The van der Waals surface area contributed by atoms with E-state index in [1.165, 1.54) is 24.0 Å². The summed E-state index contributed by atoms with van der Waals surface area (Å²) in [6.07, 6.45) is 14.1. The summed E-state index contributed by atoms with van der Waals surface area (Å²) in [5, 5.41) is 9.32. The van der Waals surface area contributed by atoms with Crippen LogP contribution < -0.4 is 0 Å². The zero-order valence-corrected chi connectivity index (χ0v) is 16.7. The Morgan fingerprint density at radius 1 is 1.04 bits per heavy atom. The lowest BCUT2D eigenvalue weighted by molar-refractivity contribution is 0.323. The first-order valence-corrected chi connectivity index (χ1v) is 10.7. The highest BCUT2D eigenvalue weighted by Crippen LogP contribution is 2.34.